The van der Waals surface area contributed by atoms with Crippen LogP contribution < -0.4 is 5.32 Å². The largest absolute Gasteiger partial charge is 0.445 e. The van der Waals surface area contributed by atoms with Gasteiger partial charge in [0.15, 0.2) is 0 Å². The van der Waals surface area contributed by atoms with E-state index in [0.717, 1.165) is 17.9 Å². The average Bonchev–Trinajstić information content (AvgIpc) is 2.53. The number of hydrogen-bond acceptors (Lipinski definition) is 2. The van der Waals surface area contributed by atoms with Crippen LogP contribution in [-0.4, -0.2) is 12.1 Å². The van der Waals surface area contributed by atoms with Crippen molar-refractivity contribution in [2.75, 3.05) is 0 Å². The van der Waals surface area contributed by atoms with Crippen LogP contribution >= 0.6 is 0 Å². The molecule has 1 aromatic carbocycles. The number of alkyl carbamates (subject to hydrolysis) is 1. The standard InChI is InChI=1S/C18H27NO2/c1-15(12-13-16-8-4-2-5-9-16)19-18(20)21-14-17-10-6-3-7-11-17/h3,6-7,10-11,15-16H,2,4-5,8-9,12-14H2,1H3,(H,19,20). The van der Waals surface area contributed by atoms with Gasteiger partial charge in [0.1, 0.15) is 6.61 Å². The summed E-state index contributed by atoms with van der Waals surface area (Å²) in [5.41, 5.74) is 1.02. The van der Waals surface area contributed by atoms with E-state index in [-0.39, 0.29) is 12.1 Å². The van der Waals surface area contributed by atoms with Crippen LogP contribution in [-0.2, 0) is 11.3 Å². The summed E-state index contributed by atoms with van der Waals surface area (Å²) in [6.45, 7) is 2.40. The highest BCUT2D eigenvalue weighted by molar-refractivity contribution is 5.67. The minimum atomic E-state index is -0.310. The fourth-order valence-corrected chi connectivity index (χ4v) is 3.00. The number of carbonyl (C=O) groups excluding carboxylic acids is 1. The molecule has 3 nitrogen and oxygen atoms in total. The molecule has 0 aromatic heterocycles. The van der Waals surface area contributed by atoms with Crippen LogP contribution in [0.15, 0.2) is 30.3 Å². The lowest BCUT2D eigenvalue weighted by molar-refractivity contribution is 0.135. The molecule has 1 atom stereocenters. The Balaban J connectivity index is 1.60. The smallest absolute Gasteiger partial charge is 0.407 e. The molecular formula is C18H27NO2. The van der Waals surface area contributed by atoms with Crippen molar-refractivity contribution < 1.29 is 9.53 Å². The first-order valence-electron chi connectivity index (χ1n) is 8.21. The molecule has 1 aromatic rings. The van der Waals surface area contributed by atoms with Gasteiger partial charge in [-0.05, 0) is 31.2 Å². The van der Waals surface area contributed by atoms with Crippen molar-refractivity contribution in [2.45, 2.75) is 64.5 Å². The third kappa shape index (κ3) is 6.19. The van der Waals surface area contributed by atoms with Crippen molar-refractivity contribution in [3.63, 3.8) is 0 Å². The van der Waals surface area contributed by atoms with Crippen LogP contribution in [0.2, 0.25) is 0 Å². The van der Waals surface area contributed by atoms with Crippen LogP contribution in [0.5, 0.6) is 0 Å². The highest BCUT2D eigenvalue weighted by Gasteiger charge is 2.15. The Bertz CT molecular complexity index is 412. The minimum Gasteiger partial charge on any atom is -0.445 e. The molecule has 21 heavy (non-hydrogen) atoms. The fourth-order valence-electron chi connectivity index (χ4n) is 3.00. The number of rotatable bonds is 6. The Morgan fingerprint density at radius 1 is 1.24 bits per heavy atom. The summed E-state index contributed by atoms with van der Waals surface area (Å²) in [5, 5.41) is 2.93. The first kappa shape index (κ1) is 15.9. The third-order valence-corrected chi connectivity index (χ3v) is 4.31. The Morgan fingerprint density at radius 3 is 2.67 bits per heavy atom. The van der Waals surface area contributed by atoms with Gasteiger partial charge in [0.05, 0.1) is 0 Å². The summed E-state index contributed by atoms with van der Waals surface area (Å²) >= 11 is 0. The van der Waals surface area contributed by atoms with E-state index in [1.54, 1.807) is 0 Å². The molecule has 1 aliphatic carbocycles. The molecule has 0 bridgehead atoms. The second-order valence-electron chi connectivity index (χ2n) is 6.19. The van der Waals surface area contributed by atoms with Gasteiger partial charge in [0, 0.05) is 6.04 Å². The highest BCUT2D eigenvalue weighted by Crippen LogP contribution is 2.27. The molecule has 3 heteroatoms. The van der Waals surface area contributed by atoms with Gasteiger partial charge in [0.25, 0.3) is 0 Å². The average molecular weight is 289 g/mol. The van der Waals surface area contributed by atoms with Gasteiger partial charge in [-0.25, -0.2) is 4.79 Å². The van der Waals surface area contributed by atoms with E-state index in [1.165, 1.54) is 38.5 Å². The topological polar surface area (TPSA) is 38.3 Å². The van der Waals surface area contributed by atoms with Crippen molar-refractivity contribution >= 4 is 6.09 Å². The highest BCUT2D eigenvalue weighted by atomic mass is 16.5. The monoisotopic (exact) mass is 289 g/mol. The molecule has 116 valence electrons. The molecule has 2 rings (SSSR count). The predicted octanol–water partition coefficient (Wildman–Crippen LogP) is 4.66. The summed E-state index contributed by atoms with van der Waals surface area (Å²) in [6, 6.07) is 9.96. The SMILES string of the molecule is CC(CCC1CCCCC1)NC(=O)OCc1ccccc1. The van der Waals surface area contributed by atoms with Crippen molar-refractivity contribution in [3.8, 4) is 0 Å². The van der Waals surface area contributed by atoms with E-state index in [0.29, 0.717) is 6.61 Å². The lowest BCUT2D eigenvalue weighted by Gasteiger charge is -2.23. The van der Waals surface area contributed by atoms with E-state index in [9.17, 15) is 4.79 Å². The second-order valence-corrected chi connectivity index (χ2v) is 6.19. The van der Waals surface area contributed by atoms with E-state index in [2.05, 4.69) is 12.2 Å². The lowest BCUT2D eigenvalue weighted by Crippen LogP contribution is -2.33. The van der Waals surface area contributed by atoms with E-state index in [4.69, 9.17) is 4.74 Å². The van der Waals surface area contributed by atoms with Crippen LogP contribution in [0.3, 0.4) is 0 Å². The first-order chi connectivity index (χ1) is 10.2. The minimum absolute atomic E-state index is 0.190. The Morgan fingerprint density at radius 2 is 1.95 bits per heavy atom. The first-order valence-corrected chi connectivity index (χ1v) is 8.21. The quantitative estimate of drug-likeness (QED) is 0.827. The molecule has 1 N–H and O–H groups in total. The summed E-state index contributed by atoms with van der Waals surface area (Å²) in [6.07, 6.45) is 8.85. The molecule has 0 aliphatic heterocycles. The van der Waals surface area contributed by atoms with E-state index >= 15 is 0 Å². The van der Waals surface area contributed by atoms with Crippen LogP contribution in [0.25, 0.3) is 0 Å². The van der Waals surface area contributed by atoms with Crippen LogP contribution in [0.4, 0.5) is 4.79 Å². The molecular weight excluding hydrogens is 262 g/mol. The Labute approximate surface area is 128 Å². The molecule has 0 radical (unpaired) electrons. The zero-order valence-electron chi connectivity index (χ0n) is 13.0. The van der Waals surface area contributed by atoms with Crippen LogP contribution in [0.1, 0.15) is 57.4 Å². The Hall–Kier alpha value is -1.51. The van der Waals surface area contributed by atoms with Gasteiger partial charge in [-0.2, -0.15) is 0 Å². The van der Waals surface area contributed by atoms with Gasteiger partial charge in [0.2, 0.25) is 0 Å². The molecule has 0 spiro atoms. The van der Waals surface area contributed by atoms with Crippen molar-refractivity contribution in [1.82, 2.24) is 5.32 Å². The summed E-state index contributed by atoms with van der Waals surface area (Å²) in [4.78, 5) is 11.7. The van der Waals surface area contributed by atoms with Crippen molar-refractivity contribution in [2.24, 2.45) is 5.92 Å². The number of nitrogens with one attached hydrogen (secondary N) is 1. The number of carbonyl (C=O) groups is 1. The van der Waals surface area contributed by atoms with E-state index < -0.39 is 0 Å². The van der Waals surface area contributed by atoms with Gasteiger partial charge >= 0.3 is 6.09 Å². The molecule has 1 aliphatic rings. The number of benzene rings is 1. The van der Waals surface area contributed by atoms with Crippen molar-refractivity contribution in [3.05, 3.63) is 35.9 Å². The van der Waals surface area contributed by atoms with Gasteiger partial charge in [-0.15, -0.1) is 0 Å². The normalized spacial score (nSPS) is 17.2. The van der Waals surface area contributed by atoms with E-state index in [1.807, 2.05) is 30.3 Å². The zero-order valence-corrected chi connectivity index (χ0v) is 13.0. The second kappa shape index (κ2) is 8.71. The van der Waals surface area contributed by atoms with Crippen molar-refractivity contribution in [1.29, 1.82) is 0 Å². The zero-order chi connectivity index (χ0) is 14.9. The number of hydrogen-bond donors (Lipinski definition) is 1. The number of ether oxygens (including phenoxy) is 1. The molecule has 1 saturated carbocycles. The maximum Gasteiger partial charge on any atom is 0.407 e. The molecule has 1 unspecified atom stereocenters. The van der Waals surface area contributed by atoms with Gasteiger partial charge in [-0.1, -0.05) is 62.4 Å². The summed E-state index contributed by atoms with van der Waals surface area (Å²) in [5.74, 6) is 0.864. The van der Waals surface area contributed by atoms with Gasteiger partial charge < -0.3 is 10.1 Å². The summed E-state index contributed by atoms with van der Waals surface area (Å²) in [7, 11) is 0. The third-order valence-electron chi connectivity index (χ3n) is 4.31. The molecule has 1 fully saturated rings. The molecule has 1 amide bonds. The Kier molecular flexibility index (Phi) is 6.58. The number of amides is 1. The lowest BCUT2D eigenvalue weighted by atomic mass is 9.85. The predicted molar refractivity (Wildman–Crippen MR) is 85.0 cm³/mol. The van der Waals surface area contributed by atoms with Gasteiger partial charge in [-0.3, -0.25) is 0 Å². The molecule has 0 heterocycles. The van der Waals surface area contributed by atoms with Crippen LogP contribution in [0, 0.1) is 5.92 Å². The maximum absolute atomic E-state index is 11.7. The maximum atomic E-state index is 11.7. The molecule has 0 saturated heterocycles. The summed E-state index contributed by atoms with van der Waals surface area (Å²) < 4.78 is 5.24. The fraction of sp³-hybridized carbons (Fsp3) is 0.611.